The Morgan fingerprint density at radius 2 is 1.20 bits per heavy atom. The Morgan fingerprint density at radius 1 is 0.511 bits per heavy atom. The molecule has 0 saturated carbocycles. The molecule has 45 heavy (non-hydrogen) atoms. The zero-order chi connectivity index (χ0) is 29.5. The zero-order valence-electron chi connectivity index (χ0n) is 24.1. The molecular weight excluding hydrogens is 569 g/mol. The molecule has 0 spiro atoms. The Kier molecular flexibility index (Phi) is 5.18. The van der Waals surface area contributed by atoms with Crippen LogP contribution in [0, 0.1) is 0 Å². The van der Waals surface area contributed by atoms with E-state index in [1.54, 1.807) is 0 Å². The predicted octanol–water partition coefficient (Wildman–Crippen LogP) is 10.9. The quantitative estimate of drug-likeness (QED) is 0.204. The fourth-order valence-corrected chi connectivity index (χ4v) is 8.21. The van der Waals surface area contributed by atoms with Crippen molar-refractivity contribution in [2.24, 2.45) is 0 Å². The molecule has 0 N–H and O–H groups in total. The molecule has 5 heteroatoms. The van der Waals surface area contributed by atoms with Gasteiger partial charge in [-0.15, -0.1) is 0 Å². The maximum atomic E-state index is 5.37. The first-order valence-corrected chi connectivity index (χ1v) is 15.9. The van der Waals surface area contributed by atoms with Gasteiger partial charge in [-0.2, -0.15) is 0 Å². The van der Waals surface area contributed by atoms with Crippen LogP contribution in [0.25, 0.3) is 60.6 Å². The van der Waals surface area contributed by atoms with Crippen LogP contribution in [0.1, 0.15) is 0 Å². The summed E-state index contributed by atoms with van der Waals surface area (Å²) in [6.07, 6.45) is 0. The van der Waals surface area contributed by atoms with Crippen molar-refractivity contribution in [3.05, 3.63) is 146 Å². The second kappa shape index (κ2) is 9.42. The van der Waals surface area contributed by atoms with Gasteiger partial charge in [0, 0.05) is 26.6 Å². The molecule has 4 nitrogen and oxygen atoms in total. The average molecular weight is 593 g/mol. The predicted molar refractivity (Wildman–Crippen MR) is 186 cm³/mol. The molecule has 5 heterocycles. The third-order valence-corrected chi connectivity index (χ3v) is 10.1. The molecule has 9 aromatic rings. The number of rotatable bonds is 3. The summed E-state index contributed by atoms with van der Waals surface area (Å²) in [6.45, 7) is 0. The molecule has 210 valence electrons. The van der Waals surface area contributed by atoms with Crippen molar-refractivity contribution in [2.45, 2.75) is 9.79 Å². The van der Waals surface area contributed by atoms with Crippen LogP contribution in [0.5, 0.6) is 0 Å². The van der Waals surface area contributed by atoms with Crippen LogP contribution in [0.3, 0.4) is 0 Å². The molecule has 0 unspecified atom stereocenters. The number of benzene rings is 5. The minimum atomic E-state index is 0.668. The van der Waals surface area contributed by atoms with Crippen LogP contribution in [0.2, 0.25) is 0 Å². The minimum Gasteiger partial charge on any atom is -0.306 e. The molecule has 0 bridgehead atoms. The highest BCUT2D eigenvalue weighted by molar-refractivity contribution is 8.00. The van der Waals surface area contributed by atoms with E-state index in [-0.39, 0.29) is 0 Å². The largest absolute Gasteiger partial charge is 0.306 e. The fourth-order valence-electron chi connectivity index (χ4n) is 6.95. The molecule has 0 fully saturated rings. The van der Waals surface area contributed by atoms with Crippen LogP contribution in [0.15, 0.2) is 155 Å². The number of hydrogen-bond acceptors (Lipinski definition) is 4. The summed E-state index contributed by atoms with van der Waals surface area (Å²) >= 11 is 1.85. The number of hydrogen-bond donors (Lipinski definition) is 0. The molecule has 1 aliphatic rings. The van der Waals surface area contributed by atoms with Crippen molar-refractivity contribution >= 4 is 67.3 Å². The second-order valence-corrected chi connectivity index (χ2v) is 12.5. The lowest BCUT2D eigenvalue weighted by molar-refractivity contribution is 1.08. The Labute approximate surface area is 263 Å². The van der Waals surface area contributed by atoms with Crippen molar-refractivity contribution in [1.29, 1.82) is 0 Å². The maximum Gasteiger partial charge on any atom is 0.235 e. The molecule has 5 aromatic carbocycles. The Hall–Kier alpha value is -5.65. The van der Waals surface area contributed by atoms with E-state index >= 15 is 0 Å². The normalized spacial score (nSPS) is 12.8. The SMILES string of the molecule is c1ccc(-c2ccc3c(c2)Sc2c(c4cccc5c6ccccc6c2n45)N3c2nc(-c3ccccc3)c3ccccc3n2)cc1. The van der Waals surface area contributed by atoms with Gasteiger partial charge in [-0.25, -0.2) is 9.97 Å². The first-order chi connectivity index (χ1) is 22.3. The van der Waals surface area contributed by atoms with E-state index in [1.165, 1.54) is 42.7 Å². The minimum absolute atomic E-state index is 0.668. The van der Waals surface area contributed by atoms with Crippen LogP contribution in [-0.2, 0) is 0 Å². The van der Waals surface area contributed by atoms with Crippen LogP contribution in [-0.4, -0.2) is 14.4 Å². The van der Waals surface area contributed by atoms with Gasteiger partial charge in [0.25, 0.3) is 0 Å². The highest BCUT2D eigenvalue weighted by atomic mass is 32.2. The molecule has 0 atom stereocenters. The summed E-state index contributed by atoms with van der Waals surface area (Å²) in [5.41, 5.74) is 11.1. The summed E-state index contributed by atoms with van der Waals surface area (Å²) in [4.78, 5) is 15.3. The lowest BCUT2D eigenvalue weighted by Crippen LogP contribution is -2.17. The Bertz CT molecular complexity index is 2570. The zero-order valence-corrected chi connectivity index (χ0v) is 24.9. The summed E-state index contributed by atoms with van der Waals surface area (Å²) in [7, 11) is 0. The molecule has 4 aromatic heterocycles. The van der Waals surface area contributed by atoms with Gasteiger partial charge in [-0.05, 0) is 41.5 Å². The van der Waals surface area contributed by atoms with E-state index in [9.17, 15) is 0 Å². The number of pyridine rings is 1. The van der Waals surface area contributed by atoms with E-state index in [0.29, 0.717) is 5.95 Å². The Balaban J connectivity index is 1.31. The average Bonchev–Trinajstić information content (AvgIpc) is 3.63. The third kappa shape index (κ3) is 3.56. The standard InChI is InChI=1S/C40H24N4S/c1-3-12-25(13-4-1)27-22-23-33-35(24-27)45-39-37-29-17-8-7-16-28(29)32-20-11-21-34(43(32)37)38(39)44(33)40-41-31-19-10-9-18-30(31)36(42-40)26-14-5-2-6-15-26/h1-24H. The molecule has 0 saturated heterocycles. The fraction of sp³-hybridized carbons (Fsp3) is 0. The number of para-hydroxylation sites is 1. The molecule has 10 rings (SSSR count). The monoisotopic (exact) mass is 592 g/mol. The summed E-state index contributed by atoms with van der Waals surface area (Å²) in [6, 6.07) is 51.5. The second-order valence-electron chi connectivity index (χ2n) is 11.4. The van der Waals surface area contributed by atoms with Crippen molar-refractivity contribution in [3.8, 4) is 22.4 Å². The van der Waals surface area contributed by atoms with Crippen LogP contribution in [0.4, 0.5) is 17.3 Å². The summed E-state index contributed by atoms with van der Waals surface area (Å²) < 4.78 is 2.43. The van der Waals surface area contributed by atoms with Crippen molar-refractivity contribution in [3.63, 3.8) is 0 Å². The van der Waals surface area contributed by atoms with Crippen LogP contribution >= 0.6 is 11.8 Å². The highest BCUT2D eigenvalue weighted by Crippen LogP contribution is 2.57. The number of aromatic nitrogens is 3. The number of anilines is 3. The molecular formula is C40H24N4S. The van der Waals surface area contributed by atoms with Gasteiger partial charge in [0.05, 0.1) is 44.0 Å². The highest BCUT2D eigenvalue weighted by Gasteiger charge is 2.34. The number of nitrogens with zero attached hydrogens (tertiary/aromatic N) is 4. The van der Waals surface area contributed by atoms with Gasteiger partial charge in [0.1, 0.15) is 0 Å². The lowest BCUT2D eigenvalue weighted by Gasteiger charge is -2.30. The molecule has 1 aliphatic heterocycles. The van der Waals surface area contributed by atoms with Crippen molar-refractivity contribution < 1.29 is 0 Å². The lowest BCUT2D eigenvalue weighted by atomic mass is 10.0. The van der Waals surface area contributed by atoms with Gasteiger partial charge in [-0.3, -0.25) is 4.90 Å². The maximum absolute atomic E-state index is 5.37. The summed E-state index contributed by atoms with van der Waals surface area (Å²) in [5.74, 6) is 0.668. The van der Waals surface area contributed by atoms with Gasteiger partial charge >= 0.3 is 0 Å². The van der Waals surface area contributed by atoms with E-state index in [0.717, 1.165) is 39.1 Å². The van der Waals surface area contributed by atoms with Crippen molar-refractivity contribution in [2.75, 3.05) is 4.90 Å². The van der Waals surface area contributed by atoms with Crippen molar-refractivity contribution in [1.82, 2.24) is 14.4 Å². The molecule has 0 amide bonds. The van der Waals surface area contributed by atoms with Crippen LogP contribution < -0.4 is 4.90 Å². The molecule has 0 aliphatic carbocycles. The van der Waals surface area contributed by atoms with E-state index in [2.05, 4.69) is 149 Å². The molecule has 0 radical (unpaired) electrons. The Morgan fingerprint density at radius 3 is 2.02 bits per heavy atom. The van der Waals surface area contributed by atoms with E-state index in [4.69, 9.17) is 9.97 Å². The topological polar surface area (TPSA) is 33.4 Å². The number of fused-ring (bicyclic) bond motifs is 8. The van der Waals surface area contributed by atoms with E-state index < -0.39 is 0 Å². The third-order valence-electron chi connectivity index (χ3n) is 8.93. The van der Waals surface area contributed by atoms with E-state index in [1.807, 2.05) is 17.8 Å². The first kappa shape index (κ1) is 24.8. The van der Waals surface area contributed by atoms with Gasteiger partial charge < -0.3 is 4.40 Å². The first-order valence-electron chi connectivity index (χ1n) is 15.1. The van der Waals surface area contributed by atoms with Gasteiger partial charge in [0.15, 0.2) is 0 Å². The van der Waals surface area contributed by atoms with Gasteiger partial charge in [-0.1, -0.05) is 127 Å². The van der Waals surface area contributed by atoms with Gasteiger partial charge in [0.2, 0.25) is 5.95 Å². The summed E-state index contributed by atoms with van der Waals surface area (Å²) in [5, 5.41) is 3.57. The smallest absolute Gasteiger partial charge is 0.235 e.